The van der Waals surface area contributed by atoms with Gasteiger partial charge in [-0.3, -0.25) is 0 Å². The van der Waals surface area contributed by atoms with E-state index in [1.807, 2.05) is 12.1 Å². The van der Waals surface area contributed by atoms with Gasteiger partial charge in [0, 0.05) is 18.8 Å². The van der Waals surface area contributed by atoms with Crippen LogP contribution in [0.15, 0.2) is 24.3 Å². The number of methoxy groups -OCH3 is 1. The van der Waals surface area contributed by atoms with Gasteiger partial charge in [-0.15, -0.1) is 0 Å². The van der Waals surface area contributed by atoms with E-state index in [4.69, 9.17) is 4.74 Å². The maximum absolute atomic E-state index is 5.17. The highest BCUT2D eigenvalue weighted by Gasteiger charge is 2.17. The minimum absolute atomic E-state index is 0.662. The van der Waals surface area contributed by atoms with Crippen LogP contribution in [0.4, 0.5) is 5.69 Å². The fraction of sp³-hybridized carbons (Fsp3) is 0.538. The number of ether oxygens (including phenoxy) is 1. The third kappa shape index (κ3) is 2.47. The molecule has 1 aliphatic rings. The van der Waals surface area contributed by atoms with Gasteiger partial charge in [0.25, 0.3) is 0 Å². The number of nitrogens with zero attached hydrogens (tertiary/aromatic N) is 1. The van der Waals surface area contributed by atoms with Crippen LogP contribution in [0.3, 0.4) is 0 Å². The van der Waals surface area contributed by atoms with Crippen molar-refractivity contribution in [1.82, 2.24) is 5.32 Å². The molecule has 2 rings (SSSR count). The Morgan fingerprint density at radius 1 is 1.19 bits per heavy atom. The lowest BCUT2D eigenvalue weighted by molar-refractivity contribution is 0.414. The number of nitrogens with one attached hydrogen (secondary N) is 1. The molecule has 0 aliphatic carbocycles. The summed E-state index contributed by atoms with van der Waals surface area (Å²) in [4.78, 5) is 2.38. The predicted octanol–water partition coefficient (Wildman–Crippen LogP) is 1.88. The molecule has 88 valence electrons. The van der Waals surface area contributed by atoms with Crippen molar-refractivity contribution in [3.8, 4) is 5.75 Å². The predicted molar refractivity (Wildman–Crippen MR) is 67.3 cm³/mol. The number of benzene rings is 1. The maximum Gasteiger partial charge on any atom is 0.119 e. The van der Waals surface area contributed by atoms with Crippen LogP contribution in [0.2, 0.25) is 0 Å². The second kappa shape index (κ2) is 5.21. The van der Waals surface area contributed by atoms with Crippen molar-refractivity contribution in [2.45, 2.75) is 18.9 Å². The van der Waals surface area contributed by atoms with Crippen molar-refractivity contribution in [3.63, 3.8) is 0 Å². The Morgan fingerprint density at radius 2 is 1.81 bits per heavy atom. The summed E-state index contributed by atoms with van der Waals surface area (Å²) in [5.41, 5.74) is 1.27. The molecular formula is C13H20N2O. The molecule has 0 aromatic heterocycles. The molecule has 1 aromatic carbocycles. The molecule has 0 saturated carbocycles. The Hall–Kier alpha value is -1.22. The molecule has 1 heterocycles. The van der Waals surface area contributed by atoms with Crippen molar-refractivity contribution < 1.29 is 4.74 Å². The smallest absolute Gasteiger partial charge is 0.119 e. The van der Waals surface area contributed by atoms with Crippen LogP contribution in [0.25, 0.3) is 0 Å². The van der Waals surface area contributed by atoms with Crippen molar-refractivity contribution >= 4 is 5.69 Å². The molecule has 3 nitrogen and oxygen atoms in total. The summed E-state index contributed by atoms with van der Waals surface area (Å²) in [5.74, 6) is 0.919. The lowest BCUT2D eigenvalue weighted by Gasteiger charge is -2.33. The molecule has 16 heavy (non-hydrogen) atoms. The summed E-state index contributed by atoms with van der Waals surface area (Å²) >= 11 is 0. The summed E-state index contributed by atoms with van der Waals surface area (Å²) in [6.45, 7) is 2.26. The first kappa shape index (κ1) is 11.3. The highest BCUT2D eigenvalue weighted by atomic mass is 16.5. The topological polar surface area (TPSA) is 24.5 Å². The molecule has 1 fully saturated rings. The summed E-state index contributed by atoms with van der Waals surface area (Å²) in [6, 6.07) is 8.95. The normalized spacial score (nSPS) is 17.1. The van der Waals surface area contributed by atoms with E-state index < -0.39 is 0 Å². The lowest BCUT2D eigenvalue weighted by atomic mass is 10.0. The minimum atomic E-state index is 0.662. The standard InChI is InChI=1S/C13H20N2O/c1-15(12-7-9-14-10-8-12)11-3-5-13(16-2)6-4-11/h3-6,12,14H,7-10H2,1-2H3. The van der Waals surface area contributed by atoms with Gasteiger partial charge in [0.1, 0.15) is 5.75 Å². The molecule has 0 amide bonds. The number of piperidine rings is 1. The average Bonchev–Trinajstić information content (AvgIpc) is 2.39. The van der Waals surface area contributed by atoms with E-state index in [0.29, 0.717) is 6.04 Å². The zero-order valence-corrected chi connectivity index (χ0v) is 10.1. The van der Waals surface area contributed by atoms with E-state index in [-0.39, 0.29) is 0 Å². The Balaban J connectivity index is 2.04. The van der Waals surface area contributed by atoms with Crippen molar-refractivity contribution in [3.05, 3.63) is 24.3 Å². The van der Waals surface area contributed by atoms with Crippen molar-refractivity contribution in [1.29, 1.82) is 0 Å². The van der Waals surface area contributed by atoms with Crippen LogP contribution < -0.4 is 15.0 Å². The molecule has 1 saturated heterocycles. The van der Waals surface area contributed by atoms with Gasteiger partial charge >= 0.3 is 0 Å². The lowest BCUT2D eigenvalue weighted by Crippen LogP contribution is -2.41. The summed E-state index contributed by atoms with van der Waals surface area (Å²) in [5, 5.41) is 3.39. The van der Waals surface area contributed by atoms with E-state index in [2.05, 4.69) is 29.4 Å². The number of hydrogen-bond acceptors (Lipinski definition) is 3. The van der Waals surface area contributed by atoms with Gasteiger partial charge in [-0.2, -0.15) is 0 Å². The summed E-state index contributed by atoms with van der Waals surface area (Å²) in [7, 11) is 3.88. The fourth-order valence-electron chi connectivity index (χ4n) is 2.22. The molecule has 0 bridgehead atoms. The van der Waals surface area contributed by atoms with Crippen LogP contribution in [-0.2, 0) is 0 Å². The number of anilines is 1. The Bertz CT molecular complexity index is 317. The van der Waals surface area contributed by atoms with Crippen LogP contribution in [-0.4, -0.2) is 33.3 Å². The van der Waals surface area contributed by atoms with E-state index in [0.717, 1.165) is 18.8 Å². The summed E-state index contributed by atoms with van der Waals surface area (Å²) in [6.07, 6.45) is 2.45. The first-order chi connectivity index (χ1) is 7.81. The van der Waals surface area contributed by atoms with Gasteiger partial charge in [-0.05, 0) is 50.2 Å². The molecular weight excluding hydrogens is 200 g/mol. The molecule has 1 N–H and O–H groups in total. The van der Waals surface area contributed by atoms with E-state index >= 15 is 0 Å². The zero-order valence-electron chi connectivity index (χ0n) is 10.1. The Labute approximate surface area is 97.4 Å². The molecule has 0 spiro atoms. The van der Waals surface area contributed by atoms with Gasteiger partial charge in [0.05, 0.1) is 7.11 Å². The SMILES string of the molecule is COc1ccc(N(C)C2CCNCC2)cc1. The average molecular weight is 220 g/mol. The monoisotopic (exact) mass is 220 g/mol. The van der Waals surface area contributed by atoms with Gasteiger partial charge in [0.2, 0.25) is 0 Å². The first-order valence-electron chi connectivity index (χ1n) is 5.89. The van der Waals surface area contributed by atoms with Crippen molar-refractivity contribution in [2.24, 2.45) is 0 Å². The molecule has 0 atom stereocenters. The van der Waals surface area contributed by atoms with Gasteiger partial charge < -0.3 is 15.0 Å². The van der Waals surface area contributed by atoms with E-state index in [1.165, 1.54) is 18.5 Å². The zero-order chi connectivity index (χ0) is 11.4. The van der Waals surface area contributed by atoms with Gasteiger partial charge in [-0.1, -0.05) is 0 Å². The highest BCUT2D eigenvalue weighted by Crippen LogP contribution is 2.22. The quantitative estimate of drug-likeness (QED) is 0.842. The third-order valence-electron chi connectivity index (χ3n) is 3.34. The fourth-order valence-corrected chi connectivity index (χ4v) is 2.22. The molecule has 0 radical (unpaired) electrons. The third-order valence-corrected chi connectivity index (χ3v) is 3.34. The number of rotatable bonds is 3. The van der Waals surface area contributed by atoms with Crippen LogP contribution in [0, 0.1) is 0 Å². The van der Waals surface area contributed by atoms with Crippen LogP contribution in [0.5, 0.6) is 5.75 Å². The molecule has 1 aliphatic heterocycles. The Kier molecular flexibility index (Phi) is 3.67. The Morgan fingerprint density at radius 3 is 2.38 bits per heavy atom. The van der Waals surface area contributed by atoms with E-state index in [9.17, 15) is 0 Å². The van der Waals surface area contributed by atoms with Crippen LogP contribution in [0.1, 0.15) is 12.8 Å². The maximum atomic E-state index is 5.17. The number of hydrogen-bond donors (Lipinski definition) is 1. The second-order valence-corrected chi connectivity index (χ2v) is 4.29. The van der Waals surface area contributed by atoms with Gasteiger partial charge in [-0.25, -0.2) is 0 Å². The van der Waals surface area contributed by atoms with E-state index in [1.54, 1.807) is 7.11 Å². The first-order valence-corrected chi connectivity index (χ1v) is 5.89. The largest absolute Gasteiger partial charge is 0.497 e. The summed E-state index contributed by atoms with van der Waals surface area (Å²) < 4.78 is 5.17. The molecule has 3 heteroatoms. The molecule has 0 unspecified atom stereocenters. The molecule has 1 aromatic rings. The van der Waals surface area contributed by atoms with Crippen molar-refractivity contribution in [2.75, 3.05) is 32.1 Å². The van der Waals surface area contributed by atoms with Gasteiger partial charge in [0.15, 0.2) is 0 Å². The van der Waals surface area contributed by atoms with Crippen LogP contribution >= 0.6 is 0 Å². The minimum Gasteiger partial charge on any atom is -0.497 e. The highest BCUT2D eigenvalue weighted by molar-refractivity contribution is 5.49. The second-order valence-electron chi connectivity index (χ2n) is 4.29.